The van der Waals surface area contributed by atoms with Crippen molar-refractivity contribution in [3.05, 3.63) is 24.7 Å². The predicted octanol–water partition coefficient (Wildman–Crippen LogP) is 1.49. The van der Waals surface area contributed by atoms with E-state index in [1.165, 1.54) is 0 Å². The number of hydrogen-bond donors (Lipinski definition) is 3. The first kappa shape index (κ1) is 12.9. The van der Waals surface area contributed by atoms with Crippen LogP contribution in [0.4, 0.5) is 0 Å². The molecule has 2 unspecified atom stereocenters. The molecule has 1 aliphatic rings. The van der Waals surface area contributed by atoms with E-state index >= 15 is 0 Å². The van der Waals surface area contributed by atoms with Gasteiger partial charge < -0.3 is 15.5 Å². The number of nitrogens with one attached hydrogen (secondary N) is 3. The van der Waals surface area contributed by atoms with E-state index < -0.39 is 0 Å². The van der Waals surface area contributed by atoms with E-state index in [2.05, 4.69) is 29.3 Å². The highest BCUT2D eigenvalue weighted by molar-refractivity contribution is 5.14. The standard InChI is InChI=1S/C12H23N3O/c1-8(15-13-6)10-7-11(10)14-9(2)16-12(3,4)5/h10-11,13-15H,1-2,7H2,3-6H3. The van der Waals surface area contributed by atoms with Crippen molar-refractivity contribution in [2.24, 2.45) is 5.92 Å². The number of ether oxygens (including phenoxy) is 1. The SMILES string of the molecule is C=C(NC1CC1C(=C)NNC)OC(C)(C)C. The number of rotatable bonds is 6. The monoisotopic (exact) mass is 225 g/mol. The van der Waals surface area contributed by atoms with Crippen LogP contribution in [0.15, 0.2) is 24.7 Å². The molecule has 0 radical (unpaired) electrons. The quantitative estimate of drug-likeness (QED) is 0.473. The average Bonchev–Trinajstić information content (AvgIpc) is 2.80. The fourth-order valence-corrected chi connectivity index (χ4v) is 1.60. The summed E-state index contributed by atoms with van der Waals surface area (Å²) in [6.07, 6.45) is 1.07. The minimum absolute atomic E-state index is 0.200. The molecule has 4 heteroatoms. The normalized spacial score (nSPS) is 23.5. The lowest BCUT2D eigenvalue weighted by atomic mass is 10.2. The third-order valence-electron chi connectivity index (χ3n) is 2.30. The molecule has 0 bridgehead atoms. The molecule has 0 aromatic heterocycles. The van der Waals surface area contributed by atoms with Crippen molar-refractivity contribution in [3.63, 3.8) is 0 Å². The Morgan fingerprint density at radius 2 is 1.94 bits per heavy atom. The predicted molar refractivity (Wildman–Crippen MR) is 66.3 cm³/mol. The molecule has 0 heterocycles. The van der Waals surface area contributed by atoms with Gasteiger partial charge in [-0.1, -0.05) is 6.58 Å². The lowest BCUT2D eigenvalue weighted by Gasteiger charge is -2.23. The molecule has 92 valence electrons. The summed E-state index contributed by atoms with van der Waals surface area (Å²) in [6.45, 7) is 13.8. The first-order valence-corrected chi connectivity index (χ1v) is 5.59. The van der Waals surface area contributed by atoms with Crippen molar-refractivity contribution in [2.45, 2.75) is 38.8 Å². The smallest absolute Gasteiger partial charge is 0.180 e. The summed E-state index contributed by atoms with van der Waals surface area (Å²) in [5.74, 6) is 1.09. The van der Waals surface area contributed by atoms with Crippen molar-refractivity contribution >= 4 is 0 Å². The molecule has 0 aliphatic heterocycles. The van der Waals surface area contributed by atoms with Gasteiger partial charge in [-0.3, -0.25) is 0 Å². The summed E-state index contributed by atoms with van der Waals surface area (Å²) >= 11 is 0. The Balaban J connectivity index is 2.26. The first-order chi connectivity index (χ1) is 7.33. The zero-order valence-electron chi connectivity index (χ0n) is 10.7. The van der Waals surface area contributed by atoms with Crippen LogP contribution in [-0.2, 0) is 4.74 Å². The van der Waals surface area contributed by atoms with Gasteiger partial charge in [0.2, 0.25) is 0 Å². The second-order valence-electron chi connectivity index (χ2n) is 5.13. The highest BCUT2D eigenvalue weighted by atomic mass is 16.5. The molecule has 1 rings (SSSR count). The van der Waals surface area contributed by atoms with Crippen LogP contribution < -0.4 is 16.2 Å². The molecular formula is C12H23N3O. The van der Waals surface area contributed by atoms with Crippen LogP contribution in [0.1, 0.15) is 27.2 Å². The van der Waals surface area contributed by atoms with Gasteiger partial charge in [0.25, 0.3) is 0 Å². The van der Waals surface area contributed by atoms with Gasteiger partial charge in [0.15, 0.2) is 5.88 Å². The summed E-state index contributed by atoms with van der Waals surface area (Å²) in [6, 6.07) is 0.392. The largest absolute Gasteiger partial charge is 0.474 e. The third-order valence-corrected chi connectivity index (χ3v) is 2.30. The summed E-state index contributed by atoms with van der Waals surface area (Å²) in [5, 5.41) is 3.25. The Hall–Kier alpha value is -1.16. The van der Waals surface area contributed by atoms with Crippen LogP contribution in [0.5, 0.6) is 0 Å². The van der Waals surface area contributed by atoms with Gasteiger partial charge in [-0.15, -0.1) is 0 Å². The molecule has 1 fully saturated rings. The maximum absolute atomic E-state index is 5.61. The van der Waals surface area contributed by atoms with Crippen LogP contribution in [0.3, 0.4) is 0 Å². The topological polar surface area (TPSA) is 45.3 Å². The van der Waals surface area contributed by atoms with Crippen LogP contribution >= 0.6 is 0 Å². The first-order valence-electron chi connectivity index (χ1n) is 5.59. The zero-order chi connectivity index (χ0) is 12.3. The molecule has 16 heavy (non-hydrogen) atoms. The van der Waals surface area contributed by atoms with E-state index in [4.69, 9.17) is 4.74 Å². The van der Waals surface area contributed by atoms with E-state index in [-0.39, 0.29) is 5.60 Å². The minimum atomic E-state index is -0.200. The van der Waals surface area contributed by atoms with Gasteiger partial charge in [0.1, 0.15) is 5.60 Å². The van der Waals surface area contributed by atoms with Crippen molar-refractivity contribution in [1.29, 1.82) is 0 Å². The van der Waals surface area contributed by atoms with Gasteiger partial charge in [-0.2, -0.15) is 0 Å². The van der Waals surface area contributed by atoms with Gasteiger partial charge >= 0.3 is 0 Å². The van der Waals surface area contributed by atoms with E-state index in [1.807, 2.05) is 27.8 Å². The zero-order valence-corrected chi connectivity index (χ0v) is 10.7. The summed E-state index contributed by atoms with van der Waals surface area (Å²) < 4.78 is 5.61. The third kappa shape index (κ3) is 4.14. The Bertz CT molecular complexity index is 280. The van der Waals surface area contributed by atoms with Gasteiger partial charge in [0.05, 0.1) is 0 Å². The highest BCUT2D eigenvalue weighted by Gasteiger charge is 2.40. The molecular weight excluding hydrogens is 202 g/mol. The van der Waals surface area contributed by atoms with E-state index in [9.17, 15) is 0 Å². The molecule has 4 nitrogen and oxygen atoms in total. The van der Waals surface area contributed by atoms with Gasteiger partial charge in [0, 0.05) is 24.7 Å². The molecule has 1 aliphatic carbocycles. The maximum atomic E-state index is 5.61. The van der Waals surface area contributed by atoms with E-state index in [0.29, 0.717) is 17.8 Å². The van der Waals surface area contributed by atoms with Gasteiger partial charge in [-0.25, -0.2) is 5.43 Å². The second-order valence-corrected chi connectivity index (χ2v) is 5.13. The van der Waals surface area contributed by atoms with Crippen LogP contribution in [0.25, 0.3) is 0 Å². The summed E-state index contributed by atoms with van der Waals surface area (Å²) in [5.41, 5.74) is 6.68. The maximum Gasteiger partial charge on any atom is 0.180 e. The van der Waals surface area contributed by atoms with Crippen molar-refractivity contribution in [2.75, 3.05) is 7.05 Å². The van der Waals surface area contributed by atoms with E-state index in [0.717, 1.165) is 12.1 Å². The molecule has 1 saturated carbocycles. The van der Waals surface area contributed by atoms with Crippen LogP contribution in [0.2, 0.25) is 0 Å². The molecule has 0 aromatic rings. The van der Waals surface area contributed by atoms with Crippen molar-refractivity contribution in [3.8, 4) is 0 Å². The summed E-state index contributed by atoms with van der Waals surface area (Å²) in [4.78, 5) is 0. The Labute approximate surface area is 98.1 Å². The number of hydrazine groups is 1. The Kier molecular flexibility index (Phi) is 3.86. The average molecular weight is 225 g/mol. The molecule has 0 aromatic carbocycles. The van der Waals surface area contributed by atoms with E-state index in [1.54, 1.807) is 0 Å². The number of hydrogen-bond acceptors (Lipinski definition) is 4. The fraction of sp³-hybridized carbons (Fsp3) is 0.667. The molecule has 0 saturated heterocycles. The molecule has 0 spiro atoms. The molecule has 3 N–H and O–H groups in total. The second kappa shape index (κ2) is 4.78. The summed E-state index contributed by atoms with van der Waals surface area (Å²) in [7, 11) is 1.83. The molecule has 2 atom stereocenters. The fourth-order valence-electron chi connectivity index (χ4n) is 1.60. The van der Waals surface area contributed by atoms with Crippen molar-refractivity contribution in [1.82, 2.24) is 16.2 Å². The van der Waals surface area contributed by atoms with Crippen LogP contribution in [0, 0.1) is 5.92 Å². The lowest BCUT2D eigenvalue weighted by Crippen LogP contribution is -2.30. The lowest BCUT2D eigenvalue weighted by molar-refractivity contribution is 0.0408. The minimum Gasteiger partial charge on any atom is -0.474 e. The molecule has 0 amide bonds. The van der Waals surface area contributed by atoms with Gasteiger partial charge in [-0.05, 0) is 33.8 Å². The Morgan fingerprint density at radius 1 is 1.31 bits per heavy atom. The Morgan fingerprint density at radius 3 is 2.44 bits per heavy atom. The van der Waals surface area contributed by atoms with Crippen molar-refractivity contribution < 1.29 is 4.74 Å². The van der Waals surface area contributed by atoms with Crippen LogP contribution in [-0.4, -0.2) is 18.7 Å². The highest BCUT2D eigenvalue weighted by Crippen LogP contribution is 2.35.